The van der Waals surface area contributed by atoms with Crippen LogP contribution >= 0.6 is 0 Å². The summed E-state index contributed by atoms with van der Waals surface area (Å²) in [7, 11) is 3.21. The molecule has 1 rings (SSSR count). The zero-order chi connectivity index (χ0) is 12.1. The molecule has 0 amide bonds. The molecule has 0 spiro atoms. The Morgan fingerprint density at radius 3 is 2.50 bits per heavy atom. The van der Waals surface area contributed by atoms with Gasteiger partial charge in [-0.1, -0.05) is 0 Å². The Kier molecular flexibility index (Phi) is 4.17. The molecule has 0 saturated heterocycles. The number of ether oxygens (including phenoxy) is 2. The van der Waals surface area contributed by atoms with E-state index in [0.717, 1.165) is 17.0 Å². The van der Waals surface area contributed by atoms with E-state index in [9.17, 15) is 4.79 Å². The predicted molar refractivity (Wildman–Crippen MR) is 63.5 cm³/mol. The van der Waals surface area contributed by atoms with Gasteiger partial charge < -0.3 is 14.8 Å². The normalized spacial score (nSPS) is 9.75. The van der Waals surface area contributed by atoms with E-state index in [-0.39, 0.29) is 5.78 Å². The summed E-state index contributed by atoms with van der Waals surface area (Å²) in [5.74, 6) is 1.56. The van der Waals surface area contributed by atoms with Crippen LogP contribution in [0.5, 0.6) is 11.5 Å². The summed E-state index contributed by atoms with van der Waals surface area (Å²) in [5, 5.41) is 3.03. The molecule has 0 aliphatic carbocycles. The average molecular weight is 223 g/mol. The fraction of sp³-hybridized carbons (Fsp3) is 0.417. The SMILES string of the molecule is COc1ccc(NCC(C)=O)c(OC)c1C. The van der Waals surface area contributed by atoms with Crippen LogP contribution in [0.4, 0.5) is 5.69 Å². The number of benzene rings is 1. The van der Waals surface area contributed by atoms with Crippen molar-refractivity contribution in [2.75, 3.05) is 26.1 Å². The van der Waals surface area contributed by atoms with E-state index in [0.29, 0.717) is 12.3 Å². The molecule has 0 atom stereocenters. The van der Waals surface area contributed by atoms with E-state index in [2.05, 4.69) is 5.32 Å². The minimum Gasteiger partial charge on any atom is -0.496 e. The van der Waals surface area contributed by atoms with Gasteiger partial charge >= 0.3 is 0 Å². The highest BCUT2D eigenvalue weighted by Crippen LogP contribution is 2.34. The fourth-order valence-electron chi connectivity index (χ4n) is 1.52. The molecule has 0 saturated carbocycles. The van der Waals surface area contributed by atoms with E-state index in [1.165, 1.54) is 6.92 Å². The maximum absolute atomic E-state index is 10.9. The van der Waals surface area contributed by atoms with E-state index in [4.69, 9.17) is 9.47 Å². The van der Waals surface area contributed by atoms with Gasteiger partial charge in [0.15, 0.2) is 0 Å². The Morgan fingerprint density at radius 1 is 1.31 bits per heavy atom. The minimum absolute atomic E-state index is 0.0792. The van der Waals surface area contributed by atoms with E-state index in [1.807, 2.05) is 19.1 Å². The lowest BCUT2D eigenvalue weighted by Crippen LogP contribution is -2.11. The first-order valence-corrected chi connectivity index (χ1v) is 5.05. The van der Waals surface area contributed by atoms with Crippen LogP contribution in [0.2, 0.25) is 0 Å². The molecule has 0 radical (unpaired) electrons. The van der Waals surface area contributed by atoms with Gasteiger partial charge in [-0.05, 0) is 26.0 Å². The van der Waals surface area contributed by atoms with E-state index < -0.39 is 0 Å². The maximum atomic E-state index is 10.9. The summed E-state index contributed by atoms with van der Waals surface area (Å²) in [6.45, 7) is 3.74. The van der Waals surface area contributed by atoms with Crippen molar-refractivity contribution in [2.24, 2.45) is 0 Å². The monoisotopic (exact) mass is 223 g/mol. The van der Waals surface area contributed by atoms with Crippen molar-refractivity contribution in [3.8, 4) is 11.5 Å². The van der Waals surface area contributed by atoms with E-state index >= 15 is 0 Å². The van der Waals surface area contributed by atoms with Crippen molar-refractivity contribution in [1.29, 1.82) is 0 Å². The van der Waals surface area contributed by atoms with Gasteiger partial charge in [-0.3, -0.25) is 4.79 Å². The van der Waals surface area contributed by atoms with Gasteiger partial charge in [-0.2, -0.15) is 0 Å². The molecule has 0 bridgehead atoms. The van der Waals surface area contributed by atoms with Gasteiger partial charge in [0.25, 0.3) is 0 Å². The number of rotatable bonds is 5. The molecular formula is C12H17NO3. The summed E-state index contributed by atoms with van der Waals surface area (Å²) in [6.07, 6.45) is 0. The number of carbonyl (C=O) groups is 1. The zero-order valence-electron chi connectivity index (χ0n) is 10.1. The van der Waals surface area contributed by atoms with Gasteiger partial charge in [0.1, 0.15) is 17.3 Å². The molecule has 0 aromatic heterocycles. The lowest BCUT2D eigenvalue weighted by Gasteiger charge is -2.15. The third-order valence-corrected chi connectivity index (χ3v) is 2.31. The van der Waals surface area contributed by atoms with Crippen LogP contribution in [0.3, 0.4) is 0 Å². The van der Waals surface area contributed by atoms with Gasteiger partial charge in [0, 0.05) is 5.56 Å². The molecule has 4 nitrogen and oxygen atoms in total. The standard InChI is InChI=1S/C12H17NO3/c1-8(14)7-13-10-5-6-11(15-3)9(2)12(10)16-4/h5-6,13H,7H2,1-4H3. The molecule has 4 heteroatoms. The number of nitrogens with one attached hydrogen (secondary N) is 1. The number of anilines is 1. The summed E-state index contributed by atoms with van der Waals surface area (Å²) in [5.41, 5.74) is 1.72. The van der Waals surface area contributed by atoms with Crippen molar-refractivity contribution in [1.82, 2.24) is 0 Å². The molecular weight excluding hydrogens is 206 g/mol. The number of methoxy groups -OCH3 is 2. The lowest BCUT2D eigenvalue weighted by molar-refractivity contribution is -0.115. The molecule has 1 N–H and O–H groups in total. The quantitative estimate of drug-likeness (QED) is 0.829. The van der Waals surface area contributed by atoms with Gasteiger partial charge in [0.05, 0.1) is 26.5 Å². The summed E-state index contributed by atoms with van der Waals surface area (Å²) >= 11 is 0. The molecule has 1 aromatic carbocycles. The Bertz CT molecular complexity index is 388. The van der Waals surface area contributed by atoms with Crippen LogP contribution < -0.4 is 14.8 Å². The van der Waals surface area contributed by atoms with Crippen molar-refractivity contribution in [3.63, 3.8) is 0 Å². The highest BCUT2D eigenvalue weighted by Gasteiger charge is 2.10. The number of ketones is 1. The molecule has 0 unspecified atom stereocenters. The molecule has 0 fully saturated rings. The Hall–Kier alpha value is -1.71. The molecule has 0 heterocycles. The zero-order valence-corrected chi connectivity index (χ0v) is 10.1. The first-order chi connectivity index (χ1) is 7.60. The van der Waals surface area contributed by atoms with Crippen LogP contribution in [0.15, 0.2) is 12.1 Å². The second-order valence-corrected chi connectivity index (χ2v) is 3.53. The number of Topliss-reactive ketones (excluding diaryl/α,β-unsaturated/α-hetero) is 1. The number of hydrogen-bond acceptors (Lipinski definition) is 4. The van der Waals surface area contributed by atoms with Crippen LogP contribution in [0.25, 0.3) is 0 Å². The van der Waals surface area contributed by atoms with Crippen LogP contribution in [-0.2, 0) is 4.79 Å². The second-order valence-electron chi connectivity index (χ2n) is 3.53. The van der Waals surface area contributed by atoms with Crippen molar-refractivity contribution in [2.45, 2.75) is 13.8 Å². The molecule has 1 aromatic rings. The third-order valence-electron chi connectivity index (χ3n) is 2.31. The molecule has 88 valence electrons. The smallest absolute Gasteiger partial charge is 0.148 e. The van der Waals surface area contributed by atoms with Crippen molar-refractivity contribution >= 4 is 11.5 Å². The average Bonchev–Trinajstić information content (AvgIpc) is 2.26. The lowest BCUT2D eigenvalue weighted by atomic mass is 10.1. The summed E-state index contributed by atoms with van der Waals surface area (Å²) in [4.78, 5) is 10.9. The highest BCUT2D eigenvalue weighted by atomic mass is 16.5. The fourth-order valence-corrected chi connectivity index (χ4v) is 1.52. The summed E-state index contributed by atoms with van der Waals surface area (Å²) in [6, 6.07) is 3.69. The Balaban J connectivity index is 3.01. The maximum Gasteiger partial charge on any atom is 0.148 e. The van der Waals surface area contributed by atoms with Crippen LogP contribution in [0.1, 0.15) is 12.5 Å². The largest absolute Gasteiger partial charge is 0.496 e. The molecule has 16 heavy (non-hydrogen) atoms. The third kappa shape index (κ3) is 2.66. The first kappa shape index (κ1) is 12.4. The van der Waals surface area contributed by atoms with Crippen LogP contribution in [0, 0.1) is 6.92 Å². The number of hydrogen-bond donors (Lipinski definition) is 1. The van der Waals surface area contributed by atoms with Crippen molar-refractivity contribution in [3.05, 3.63) is 17.7 Å². The first-order valence-electron chi connectivity index (χ1n) is 5.05. The second kappa shape index (κ2) is 5.39. The van der Waals surface area contributed by atoms with Gasteiger partial charge in [-0.15, -0.1) is 0 Å². The Morgan fingerprint density at radius 2 is 2.00 bits per heavy atom. The van der Waals surface area contributed by atoms with Crippen molar-refractivity contribution < 1.29 is 14.3 Å². The van der Waals surface area contributed by atoms with Gasteiger partial charge in [0.2, 0.25) is 0 Å². The topological polar surface area (TPSA) is 47.6 Å². The van der Waals surface area contributed by atoms with Gasteiger partial charge in [-0.25, -0.2) is 0 Å². The minimum atomic E-state index is 0.0792. The molecule has 0 aliphatic rings. The van der Waals surface area contributed by atoms with E-state index in [1.54, 1.807) is 14.2 Å². The highest BCUT2D eigenvalue weighted by molar-refractivity contribution is 5.81. The summed E-state index contributed by atoms with van der Waals surface area (Å²) < 4.78 is 10.5. The Labute approximate surface area is 95.6 Å². The predicted octanol–water partition coefficient (Wildman–Crippen LogP) is 2.01. The number of carbonyl (C=O) groups excluding carboxylic acids is 1. The molecule has 0 aliphatic heterocycles. The van der Waals surface area contributed by atoms with Crippen LogP contribution in [-0.4, -0.2) is 26.5 Å².